The van der Waals surface area contributed by atoms with Crippen LogP contribution in [0.3, 0.4) is 0 Å². The van der Waals surface area contributed by atoms with Crippen LogP contribution >= 0.6 is 23.2 Å². The van der Waals surface area contributed by atoms with Gasteiger partial charge >= 0.3 is 0 Å². The molecule has 0 aliphatic carbocycles. The Morgan fingerprint density at radius 3 is 2.64 bits per heavy atom. The van der Waals surface area contributed by atoms with Crippen molar-refractivity contribution in [1.29, 1.82) is 0 Å². The van der Waals surface area contributed by atoms with Crippen LogP contribution in [0.5, 0.6) is 11.5 Å². The van der Waals surface area contributed by atoms with Crippen LogP contribution in [0, 0.1) is 0 Å². The quantitative estimate of drug-likeness (QED) is 0.788. The maximum atomic E-state index is 12.0. The first kappa shape index (κ1) is 16.5. The number of H-pyrrole nitrogens is 1. The van der Waals surface area contributed by atoms with E-state index in [9.17, 15) is 9.90 Å². The molecule has 22 heavy (non-hydrogen) atoms. The van der Waals surface area contributed by atoms with E-state index in [4.69, 9.17) is 27.9 Å². The van der Waals surface area contributed by atoms with Crippen molar-refractivity contribution in [1.82, 2.24) is 9.88 Å². The fourth-order valence-electron chi connectivity index (χ4n) is 1.93. The Hall–Kier alpha value is -1.85. The number of amides is 1. The summed E-state index contributed by atoms with van der Waals surface area (Å²) in [6, 6.07) is 6.23. The summed E-state index contributed by atoms with van der Waals surface area (Å²) < 4.78 is 5.52. The van der Waals surface area contributed by atoms with E-state index in [1.165, 1.54) is 12.1 Å². The monoisotopic (exact) mass is 342 g/mol. The first-order valence-electron chi connectivity index (χ1n) is 6.68. The van der Waals surface area contributed by atoms with E-state index >= 15 is 0 Å². The minimum Gasteiger partial charge on any atom is -0.508 e. The number of rotatable bonds is 6. The molecule has 0 bridgehead atoms. The molecule has 1 heterocycles. The molecule has 0 fully saturated rings. The number of nitrogens with zero attached hydrogens (tertiary/aromatic N) is 1. The van der Waals surface area contributed by atoms with Crippen molar-refractivity contribution in [3.63, 3.8) is 0 Å². The second-order valence-electron chi connectivity index (χ2n) is 4.75. The van der Waals surface area contributed by atoms with Gasteiger partial charge < -0.3 is 19.7 Å². The zero-order valence-corrected chi connectivity index (χ0v) is 13.5. The summed E-state index contributed by atoms with van der Waals surface area (Å²) in [7, 11) is 1.73. The third kappa shape index (κ3) is 4.08. The Balaban J connectivity index is 1.81. The highest BCUT2D eigenvalue weighted by Gasteiger charge is 2.13. The number of phenols is 1. The van der Waals surface area contributed by atoms with E-state index in [2.05, 4.69) is 4.98 Å². The number of carbonyl (C=O) groups is 1. The average Bonchev–Trinajstić information content (AvgIpc) is 2.98. The van der Waals surface area contributed by atoms with Crippen molar-refractivity contribution in [3.05, 3.63) is 46.2 Å². The lowest BCUT2D eigenvalue weighted by atomic mass is 10.3. The fourth-order valence-corrected chi connectivity index (χ4v) is 2.52. The van der Waals surface area contributed by atoms with Crippen LogP contribution in [0.4, 0.5) is 0 Å². The van der Waals surface area contributed by atoms with Gasteiger partial charge in [0.25, 0.3) is 5.91 Å². The number of nitrogens with one attached hydrogen (secondary N) is 1. The number of ether oxygens (including phenoxy) is 1. The molecule has 0 saturated carbocycles. The van der Waals surface area contributed by atoms with Crippen molar-refractivity contribution in [2.24, 2.45) is 0 Å². The molecule has 1 aromatic carbocycles. The van der Waals surface area contributed by atoms with Gasteiger partial charge in [0.15, 0.2) is 5.75 Å². The maximum Gasteiger partial charge on any atom is 0.270 e. The van der Waals surface area contributed by atoms with Crippen molar-refractivity contribution < 1.29 is 14.6 Å². The molecule has 0 aliphatic rings. The normalized spacial score (nSPS) is 10.5. The number of aromatic hydroxyl groups is 1. The highest BCUT2D eigenvalue weighted by Crippen LogP contribution is 2.36. The van der Waals surface area contributed by atoms with Crippen LogP contribution in [-0.2, 0) is 0 Å². The standard InChI is InChI=1S/C15H16Cl2N2O3/c1-19(15(21)13-4-2-5-18-13)6-3-7-22-14-11(16)8-10(20)9-12(14)17/h2,4-5,8-9,18,20H,3,6-7H2,1H3. The number of halogens is 2. The second-order valence-corrected chi connectivity index (χ2v) is 5.57. The van der Waals surface area contributed by atoms with Crippen LogP contribution in [0.2, 0.25) is 10.0 Å². The smallest absolute Gasteiger partial charge is 0.270 e. The van der Waals surface area contributed by atoms with Gasteiger partial charge in [0.05, 0.1) is 16.7 Å². The van der Waals surface area contributed by atoms with Gasteiger partial charge in [0, 0.05) is 31.9 Å². The highest BCUT2D eigenvalue weighted by molar-refractivity contribution is 6.37. The van der Waals surface area contributed by atoms with Crippen molar-refractivity contribution in [3.8, 4) is 11.5 Å². The molecular weight excluding hydrogens is 327 g/mol. The Kier molecular flexibility index (Phi) is 5.57. The van der Waals surface area contributed by atoms with Gasteiger partial charge in [-0.3, -0.25) is 4.79 Å². The minimum absolute atomic E-state index is 0.0152. The van der Waals surface area contributed by atoms with Gasteiger partial charge in [0.2, 0.25) is 0 Å². The van der Waals surface area contributed by atoms with Crippen molar-refractivity contribution in [2.75, 3.05) is 20.2 Å². The maximum absolute atomic E-state index is 12.0. The van der Waals surface area contributed by atoms with Crippen LogP contribution < -0.4 is 4.74 Å². The number of phenolic OH excluding ortho intramolecular Hbond substituents is 1. The summed E-state index contributed by atoms with van der Waals surface area (Å²) in [5, 5.41) is 9.84. The summed E-state index contributed by atoms with van der Waals surface area (Å²) in [6.45, 7) is 0.887. The molecule has 1 aromatic heterocycles. The predicted octanol–water partition coefficient (Wildman–Crippen LogP) is 3.57. The molecule has 7 heteroatoms. The zero-order valence-electron chi connectivity index (χ0n) is 12.0. The third-order valence-electron chi connectivity index (χ3n) is 3.04. The van der Waals surface area contributed by atoms with Crippen LogP contribution in [0.15, 0.2) is 30.5 Å². The molecule has 0 radical (unpaired) electrons. The van der Waals surface area contributed by atoms with Gasteiger partial charge in [-0.25, -0.2) is 0 Å². The Morgan fingerprint density at radius 1 is 1.36 bits per heavy atom. The van der Waals surface area contributed by atoms with Crippen LogP contribution in [0.1, 0.15) is 16.9 Å². The van der Waals surface area contributed by atoms with Crippen molar-refractivity contribution in [2.45, 2.75) is 6.42 Å². The molecule has 2 rings (SSSR count). The summed E-state index contributed by atoms with van der Waals surface area (Å²) in [4.78, 5) is 16.5. The molecule has 0 unspecified atom stereocenters. The number of benzene rings is 1. The third-order valence-corrected chi connectivity index (χ3v) is 3.60. The number of carbonyl (C=O) groups excluding carboxylic acids is 1. The first-order valence-corrected chi connectivity index (χ1v) is 7.44. The van der Waals surface area contributed by atoms with E-state index < -0.39 is 0 Å². The number of hydrogen-bond donors (Lipinski definition) is 2. The lowest BCUT2D eigenvalue weighted by Gasteiger charge is -2.17. The molecule has 0 spiro atoms. The van der Waals surface area contributed by atoms with Gasteiger partial charge in [0.1, 0.15) is 11.4 Å². The summed E-state index contributed by atoms with van der Waals surface area (Å²) in [6.07, 6.45) is 2.33. The van der Waals surface area contributed by atoms with E-state index in [0.29, 0.717) is 31.0 Å². The number of aromatic amines is 1. The largest absolute Gasteiger partial charge is 0.508 e. The topological polar surface area (TPSA) is 65.6 Å². The molecular formula is C15H16Cl2N2O3. The molecule has 2 aromatic rings. The Bertz CT molecular complexity index is 621. The predicted molar refractivity (Wildman–Crippen MR) is 86.0 cm³/mol. The molecule has 0 aliphatic heterocycles. The fraction of sp³-hybridized carbons (Fsp3) is 0.267. The first-order chi connectivity index (χ1) is 10.5. The van der Waals surface area contributed by atoms with E-state index in [-0.39, 0.29) is 21.7 Å². The summed E-state index contributed by atoms with van der Waals surface area (Å²) in [5.41, 5.74) is 0.549. The van der Waals surface area contributed by atoms with Gasteiger partial charge in [-0.2, -0.15) is 0 Å². The average molecular weight is 343 g/mol. The highest BCUT2D eigenvalue weighted by atomic mass is 35.5. The molecule has 118 valence electrons. The Morgan fingerprint density at radius 2 is 2.05 bits per heavy atom. The minimum atomic E-state index is -0.0781. The number of aromatic nitrogens is 1. The number of hydrogen-bond acceptors (Lipinski definition) is 3. The van der Waals surface area contributed by atoms with Gasteiger partial charge in [-0.15, -0.1) is 0 Å². The van der Waals surface area contributed by atoms with E-state index in [0.717, 1.165) is 0 Å². The van der Waals surface area contributed by atoms with Gasteiger partial charge in [-0.05, 0) is 18.6 Å². The van der Waals surface area contributed by atoms with E-state index in [1.807, 2.05) is 0 Å². The lowest BCUT2D eigenvalue weighted by molar-refractivity contribution is 0.0783. The van der Waals surface area contributed by atoms with Crippen molar-refractivity contribution >= 4 is 29.1 Å². The van der Waals surface area contributed by atoms with E-state index in [1.54, 1.807) is 30.3 Å². The SMILES string of the molecule is CN(CCCOc1c(Cl)cc(O)cc1Cl)C(=O)c1ccc[nH]1. The zero-order chi connectivity index (χ0) is 16.1. The summed E-state index contributed by atoms with van der Waals surface area (Å²) >= 11 is 11.9. The molecule has 0 saturated heterocycles. The lowest BCUT2D eigenvalue weighted by Crippen LogP contribution is -2.28. The Labute approximate surface area is 138 Å². The second kappa shape index (κ2) is 7.42. The van der Waals surface area contributed by atoms with Crippen LogP contribution in [0.25, 0.3) is 0 Å². The molecule has 2 N–H and O–H groups in total. The molecule has 5 nitrogen and oxygen atoms in total. The van der Waals surface area contributed by atoms with Gasteiger partial charge in [-0.1, -0.05) is 23.2 Å². The summed E-state index contributed by atoms with van der Waals surface area (Å²) in [5.74, 6) is 0.240. The molecule has 0 atom stereocenters. The van der Waals surface area contributed by atoms with Crippen LogP contribution in [-0.4, -0.2) is 41.1 Å². The molecule has 1 amide bonds.